The SMILES string of the molecule is C[C@@H]1NC(=O)[C@H](CCCCNC(=O)COCC(=O)NCCOCCOCCOCCOCCOCCNC(=O)CO/N=C/c2ccccc2)NC(=O)CSC[C@@H](C(=O)NCCO)NC(=O)[C@H](Cc2ccccc2)NC(=O)[C@H](C)NC(=O)[C@H](CC(=O)O)NC(=O)CNC(=O)[C@H](CCCN=C(N)N)NC1=O. The fourth-order valence-corrected chi connectivity index (χ4v) is 9.82. The third-order valence-corrected chi connectivity index (χ3v) is 15.3. The summed E-state index contributed by atoms with van der Waals surface area (Å²) in [6.07, 6.45) is 0.728. The number of nitrogens with zero attached hydrogens (tertiary/aromatic N) is 2. The Labute approximate surface area is 605 Å². The molecule has 0 aliphatic carbocycles. The van der Waals surface area contributed by atoms with Crippen molar-refractivity contribution in [2.45, 2.75) is 101 Å². The van der Waals surface area contributed by atoms with E-state index in [2.05, 4.69) is 73.9 Å². The van der Waals surface area contributed by atoms with Gasteiger partial charge >= 0.3 is 5.97 Å². The van der Waals surface area contributed by atoms with E-state index in [-0.39, 0.29) is 109 Å². The minimum Gasteiger partial charge on any atom is -0.481 e. The summed E-state index contributed by atoms with van der Waals surface area (Å²) in [7, 11) is 0. The van der Waals surface area contributed by atoms with Crippen LogP contribution in [0.15, 0.2) is 70.8 Å². The number of carboxylic acid groups (broad SMARTS) is 1. The molecule has 1 aliphatic heterocycles. The quantitative estimate of drug-likeness (QED) is 0.0127. The predicted molar refractivity (Wildman–Crippen MR) is 375 cm³/mol. The maximum Gasteiger partial charge on any atom is 0.305 e. The minimum absolute atomic E-state index is 0.000332. The van der Waals surface area contributed by atoms with Crippen LogP contribution in [-0.4, -0.2) is 285 Å². The molecule has 0 aromatic heterocycles. The molecular weight excluding hydrogens is 1390 g/mol. The number of hydrogen-bond acceptors (Lipinski definition) is 24. The van der Waals surface area contributed by atoms with Crippen LogP contribution >= 0.6 is 11.8 Å². The number of unbranched alkanes of at least 4 members (excludes halogenated alkanes) is 1. The van der Waals surface area contributed by atoms with Gasteiger partial charge in [-0.1, -0.05) is 65.8 Å². The standard InChI is InChI=1S/C65H100N16O22S/c1-43-58(90)79-47(17-11-19-72-65(66)67)60(92)73-37-52(83)78-50(35-57(88)89)63(95)76-44(2)59(91)80-49(34-45-12-5-3-6-13-45)64(96)81-51(61(93)71-20-23-82)41-104-42-56(87)77-48(62(94)75-43)16-9-10-18-68-53(84)38-102-39-54(85)69-21-24-97-26-28-99-30-32-101-33-31-100-29-27-98-25-22-70-55(86)40-103-74-36-46-14-7-4-8-15-46/h3-8,12-15,36,43-44,47-51,82H,9-11,16-35,37-42H2,1-2H3,(H,68,84)(H,69,85)(H,70,86)(H,71,93)(H,73,92)(H,75,94)(H,76,95)(H,77,87)(H,78,83)(H,79,90)(H,80,91)(H,81,96)(H,88,89)(H4,66,67,72)/b74-36+/t43-,44-,47-,48-,49-,50-,51-/m0/s1. The number of guanidine groups is 1. The van der Waals surface area contributed by atoms with E-state index in [9.17, 15) is 72.5 Å². The zero-order valence-electron chi connectivity index (χ0n) is 58.4. The maximum atomic E-state index is 14.1. The van der Waals surface area contributed by atoms with Gasteiger partial charge in [0.2, 0.25) is 65.0 Å². The number of ether oxygens (including phenoxy) is 6. The zero-order valence-corrected chi connectivity index (χ0v) is 59.2. The number of carbonyl (C=O) groups excluding carboxylic acids is 12. The van der Waals surface area contributed by atoms with Gasteiger partial charge in [0, 0.05) is 44.9 Å². The van der Waals surface area contributed by atoms with Gasteiger partial charge in [-0.05, 0) is 57.1 Å². The summed E-state index contributed by atoms with van der Waals surface area (Å²) in [4.78, 5) is 181. The highest BCUT2D eigenvalue weighted by atomic mass is 32.2. The number of carbonyl (C=O) groups is 13. The molecule has 18 N–H and O–H groups in total. The van der Waals surface area contributed by atoms with Crippen LogP contribution in [-0.2, 0) is 102 Å². The maximum absolute atomic E-state index is 14.1. The Kier molecular flexibility index (Phi) is 46.1. The van der Waals surface area contributed by atoms with Gasteiger partial charge in [0.05, 0.1) is 97.6 Å². The third kappa shape index (κ3) is 42.1. The van der Waals surface area contributed by atoms with Crippen LogP contribution in [0.2, 0.25) is 0 Å². The first-order chi connectivity index (χ1) is 50.0. The third-order valence-electron chi connectivity index (χ3n) is 14.3. The molecule has 1 aliphatic rings. The number of oxime groups is 1. The lowest BCUT2D eigenvalue weighted by atomic mass is 10.0. The molecule has 3 rings (SSSR count). The second-order valence-corrected chi connectivity index (χ2v) is 23.9. The first kappa shape index (κ1) is 88.6. The Morgan fingerprint density at radius 1 is 0.538 bits per heavy atom. The van der Waals surface area contributed by atoms with E-state index in [1.54, 1.807) is 30.3 Å². The van der Waals surface area contributed by atoms with E-state index < -0.39 is 152 Å². The largest absolute Gasteiger partial charge is 0.481 e. The molecule has 104 heavy (non-hydrogen) atoms. The molecule has 7 atom stereocenters. The van der Waals surface area contributed by atoms with Gasteiger partial charge in [0.15, 0.2) is 12.6 Å². The van der Waals surface area contributed by atoms with Gasteiger partial charge in [-0.15, -0.1) is 11.8 Å². The number of hydrogen-bond donors (Lipinski definition) is 16. The van der Waals surface area contributed by atoms with Crippen molar-refractivity contribution in [1.82, 2.24) is 63.8 Å². The van der Waals surface area contributed by atoms with E-state index >= 15 is 0 Å². The van der Waals surface area contributed by atoms with Crippen molar-refractivity contribution >= 4 is 101 Å². The van der Waals surface area contributed by atoms with Crippen LogP contribution in [0.5, 0.6) is 0 Å². The Hall–Kier alpha value is -9.64. The van der Waals surface area contributed by atoms with Crippen LogP contribution in [0.1, 0.15) is 63.5 Å². The highest BCUT2D eigenvalue weighted by Crippen LogP contribution is 2.11. The number of thioether (sulfide) groups is 1. The second kappa shape index (κ2) is 54.1. The number of aliphatic hydroxyl groups is 1. The molecular formula is C65H100N16O22S. The first-order valence-corrected chi connectivity index (χ1v) is 34.8. The molecule has 0 unspecified atom stereocenters. The van der Waals surface area contributed by atoms with E-state index in [1.165, 1.54) is 20.1 Å². The van der Waals surface area contributed by atoms with Gasteiger partial charge in [-0.25, -0.2) is 0 Å². The molecule has 2 aromatic carbocycles. The van der Waals surface area contributed by atoms with Crippen molar-refractivity contribution in [2.24, 2.45) is 21.6 Å². The number of aliphatic imine (C=N–C) groups is 1. The van der Waals surface area contributed by atoms with Crippen molar-refractivity contribution in [2.75, 3.05) is 143 Å². The molecule has 1 heterocycles. The van der Waals surface area contributed by atoms with Crippen molar-refractivity contribution < 1.29 is 106 Å². The van der Waals surface area contributed by atoms with Crippen LogP contribution in [0.3, 0.4) is 0 Å². The van der Waals surface area contributed by atoms with E-state index in [0.29, 0.717) is 58.4 Å². The molecule has 38 nitrogen and oxygen atoms in total. The average molecular weight is 1490 g/mol. The van der Waals surface area contributed by atoms with Crippen molar-refractivity contribution in [3.8, 4) is 0 Å². The minimum atomic E-state index is -1.81. The smallest absolute Gasteiger partial charge is 0.305 e. The molecule has 0 bridgehead atoms. The highest BCUT2D eigenvalue weighted by Gasteiger charge is 2.33. The normalized spacial score (nSPS) is 19.2. The lowest BCUT2D eigenvalue weighted by Crippen LogP contribution is -2.59. The average Bonchev–Trinajstić information content (AvgIpc) is 0.868. The summed E-state index contributed by atoms with van der Waals surface area (Å²) in [5, 5.41) is 52.9. The van der Waals surface area contributed by atoms with Crippen LogP contribution in [0.4, 0.5) is 0 Å². The molecule has 0 spiro atoms. The number of rotatable bonds is 42. The van der Waals surface area contributed by atoms with Gasteiger partial charge in [0.1, 0.15) is 55.5 Å². The van der Waals surface area contributed by atoms with Crippen molar-refractivity contribution in [3.63, 3.8) is 0 Å². The number of amides is 12. The molecule has 0 radical (unpaired) electrons. The molecule has 0 saturated carbocycles. The summed E-state index contributed by atoms with van der Waals surface area (Å²) >= 11 is 0.857. The summed E-state index contributed by atoms with van der Waals surface area (Å²) in [6, 6.07) is 7.44. The van der Waals surface area contributed by atoms with E-state index in [4.69, 9.17) is 44.7 Å². The van der Waals surface area contributed by atoms with E-state index in [0.717, 1.165) is 17.3 Å². The lowest BCUT2D eigenvalue weighted by Gasteiger charge is -2.25. The number of benzene rings is 2. The highest BCUT2D eigenvalue weighted by molar-refractivity contribution is 8.00. The molecule has 1 fully saturated rings. The monoisotopic (exact) mass is 1490 g/mol. The Bertz CT molecular complexity index is 3050. The molecule has 2 aromatic rings. The Balaban J connectivity index is 1.51. The number of nitrogens with two attached hydrogens (primary N) is 2. The van der Waals surface area contributed by atoms with Crippen LogP contribution in [0, 0.1) is 0 Å². The summed E-state index contributed by atoms with van der Waals surface area (Å²) in [5.74, 6) is -12.1. The van der Waals surface area contributed by atoms with Crippen LogP contribution in [0.25, 0.3) is 0 Å². The van der Waals surface area contributed by atoms with Gasteiger partial charge in [-0.3, -0.25) is 67.3 Å². The van der Waals surface area contributed by atoms with Crippen molar-refractivity contribution in [1.29, 1.82) is 0 Å². The topological polar surface area (TPSA) is 548 Å². The number of aliphatic hydroxyl groups excluding tert-OH is 1. The summed E-state index contributed by atoms with van der Waals surface area (Å²) in [6.45, 7) is 3.42. The van der Waals surface area contributed by atoms with Gasteiger partial charge in [-0.2, -0.15) is 0 Å². The van der Waals surface area contributed by atoms with Crippen LogP contribution < -0.4 is 75.3 Å². The fraction of sp³-hybridized carbons (Fsp3) is 0.585. The lowest BCUT2D eigenvalue weighted by molar-refractivity contribution is -0.141. The number of carboxylic acids is 1. The second-order valence-electron chi connectivity index (χ2n) is 22.9. The number of aliphatic carboxylic acids is 1. The van der Waals surface area contributed by atoms with E-state index in [1.807, 2.05) is 30.3 Å². The Morgan fingerprint density at radius 2 is 1.04 bits per heavy atom. The molecule has 12 amide bonds. The summed E-state index contributed by atoms with van der Waals surface area (Å²) in [5.41, 5.74) is 12.3. The summed E-state index contributed by atoms with van der Waals surface area (Å²) < 4.78 is 32.6. The zero-order chi connectivity index (χ0) is 76.1. The fourth-order valence-electron chi connectivity index (χ4n) is 8.97. The van der Waals surface area contributed by atoms with Gasteiger partial charge in [0.25, 0.3) is 5.91 Å². The van der Waals surface area contributed by atoms with Crippen molar-refractivity contribution in [3.05, 3.63) is 71.8 Å². The van der Waals surface area contributed by atoms with Gasteiger partial charge < -0.3 is 119 Å². The predicted octanol–water partition coefficient (Wildman–Crippen LogP) is -6.17. The molecule has 578 valence electrons. The number of nitrogens with one attached hydrogen (secondary N) is 12. The molecule has 39 heteroatoms. The molecule has 1 saturated heterocycles. The Morgan fingerprint density at radius 3 is 1.61 bits per heavy atom. The first-order valence-electron chi connectivity index (χ1n) is 33.7.